The first-order chi connectivity index (χ1) is 22.0. The highest BCUT2D eigenvalue weighted by atomic mass is 16.6. The fraction of sp³-hybridized carbons (Fsp3) is 0.429. The molecule has 45 heavy (non-hydrogen) atoms. The van der Waals surface area contributed by atoms with Gasteiger partial charge in [0.25, 0.3) is 5.91 Å². The number of ether oxygens (including phenoxy) is 1. The Kier molecular flexibility index (Phi) is 11.4. The first-order valence-electron chi connectivity index (χ1n) is 16.2. The summed E-state index contributed by atoms with van der Waals surface area (Å²) in [7, 11) is 0. The van der Waals surface area contributed by atoms with Gasteiger partial charge in [0.1, 0.15) is 17.4 Å². The first kappa shape index (κ1) is 32.0. The standard InChI is InChI=1S/C35H45N7O3/c1-3-22-40(23-4-2)29-14-16-30(17-15-29)42(35(44)45-31-8-6-5-7-9-31)24-27-10-12-28(13-11-27)34(43)41(25-32-36-18-19-37-32)26-33-38-20-21-39-33/h5-13,18-21,29-30H,3-4,14-17,22-26H2,1-2H3,(H,36,37)(H,38,39). The number of hydrogen-bond donors (Lipinski definition) is 2. The molecule has 2 heterocycles. The zero-order valence-electron chi connectivity index (χ0n) is 26.4. The molecule has 0 aliphatic heterocycles. The normalized spacial score (nSPS) is 16.4. The van der Waals surface area contributed by atoms with Crippen molar-refractivity contribution in [1.82, 2.24) is 34.6 Å². The van der Waals surface area contributed by atoms with Crippen LogP contribution >= 0.6 is 0 Å². The molecule has 1 fully saturated rings. The van der Waals surface area contributed by atoms with E-state index in [-0.39, 0.29) is 18.0 Å². The Labute approximate surface area is 265 Å². The van der Waals surface area contributed by atoms with Crippen LogP contribution in [0.4, 0.5) is 4.79 Å². The Hall–Kier alpha value is -4.44. The SMILES string of the molecule is CCCN(CCC)C1CCC(N(Cc2ccc(C(=O)N(Cc3ncc[nH]3)Cc3ncc[nH]3)cc2)C(=O)Oc2ccccc2)CC1. The molecule has 1 aliphatic carbocycles. The van der Waals surface area contributed by atoms with Crippen molar-refractivity contribution in [3.05, 3.63) is 102 Å². The van der Waals surface area contributed by atoms with Crippen LogP contribution < -0.4 is 4.74 Å². The summed E-state index contributed by atoms with van der Waals surface area (Å²) < 4.78 is 5.84. The number of imidazole rings is 2. The van der Waals surface area contributed by atoms with Crippen molar-refractivity contribution in [2.45, 2.75) is 84.1 Å². The van der Waals surface area contributed by atoms with E-state index in [9.17, 15) is 9.59 Å². The fourth-order valence-corrected chi connectivity index (χ4v) is 6.24. The van der Waals surface area contributed by atoms with Crippen LogP contribution in [0.3, 0.4) is 0 Å². The molecule has 5 rings (SSSR count). The van der Waals surface area contributed by atoms with Gasteiger partial charge in [-0.1, -0.05) is 44.2 Å². The van der Waals surface area contributed by atoms with E-state index in [4.69, 9.17) is 4.74 Å². The highest BCUT2D eigenvalue weighted by molar-refractivity contribution is 5.94. The number of carbonyl (C=O) groups is 2. The molecule has 0 atom stereocenters. The number of benzene rings is 2. The molecule has 1 aliphatic rings. The van der Waals surface area contributed by atoms with Crippen molar-refractivity contribution in [1.29, 1.82) is 0 Å². The average molecular weight is 612 g/mol. The summed E-state index contributed by atoms with van der Waals surface area (Å²) in [6, 6.07) is 17.4. The summed E-state index contributed by atoms with van der Waals surface area (Å²) in [5, 5.41) is 0. The predicted molar refractivity (Wildman–Crippen MR) is 173 cm³/mol. The number of carbonyl (C=O) groups excluding carboxylic acids is 2. The van der Waals surface area contributed by atoms with Crippen molar-refractivity contribution >= 4 is 12.0 Å². The molecular formula is C35H45N7O3. The highest BCUT2D eigenvalue weighted by Gasteiger charge is 2.32. The molecule has 4 aromatic rings. The number of nitrogens with zero attached hydrogens (tertiary/aromatic N) is 5. The molecule has 2 aromatic carbocycles. The molecule has 238 valence electrons. The largest absolute Gasteiger partial charge is 0.415 e. The predicted octanol–water partition coefficient (Wildman–Crippen LogP) is 6.41. The third-order valence-corrected chi connectivity index (χ3v) is 8.46. The van der Waals surface area contributed by atoms with Gasteiger partial charge in [-0.05, 0) is 81.4 Å². The van der Waals surface area contributed by atoms with Crippen LogP contribution in [-0.4, -0.2) is 71.8 Å². The van der Waals surface area contributed by atoms with E-state index < -0.39 is 0 Å². The van der Waals surface area contributed by atoms with Gasteiger partial charge in [-0.25, -0.2) is 14.8 Å². The highest BCUT2D eigenvalue weighted by Crippen LogP contribution is 2.29. The number of rotatable bonds is 14. The third kappa shape index (κ3) is 8.82. The maximum atomic E-state index is 13.6. The fourth-order valence-electron chi connectivity index (χ4n) is 6.24. The van der Waals surface area contributed by atoms with Gasteiger partial charge < -0.3 is 29.4 Å². The molecule has 1 saturated carbocycles. The molecule has 2 aromatic heterocycles. The molecular weight excluding hydrogens is 566 g/mol. The van der Waals surface area contributed by atoms with Gasteiger partial charge in [0.15, 0.2) is 0 Å². The number of H-pyrrole nitrogens is 2. The molecule has 10 nitrogen and oxygen atoms in total. The lowest BCUT2D eigenvalue weighted by Crippen LogP contribution is -2.47. The van der Waals surface area contributed by atoms with Crippen molar-refractivity contribution in [2.75, 3.05) is 13.1 Å². The van der Waals surface area contributed by atoms with Crippen LogP contribution in [0.1, 0.15) is 79.9 Å². The summed E-state index contributed by atoms with van der Waals surface area (Å²) in [5.74, 6) is 1.80. The maximum absolute atomic E-state index is 13.6. The molecule has 0 unspecified atom stereocenters. The Morgan fingerprint density at radius 2 is 1.36 bits per heavy atom. The van der Waals surface area contributed by atoms with E-state index in [1.54, 1.807) is 41.8 Å². The van der Waals surface area contributed by atoms with Gasteiger partial charge in [0.05, 0.1) is 13.1 Å². The number of para-hydroxylation sites is 1. The van der Waals surface area contributed by atoms with Crippen LogP contribution in [0.5, 0.6) is 5.75 Å². The molecule has 10 heteroatoms. The quantitative estimate of drug-likeness (QED) is 0.171. The van der Waals surface area contributed by atoms with Crippen LogP contribution in [0.25, 0.3) is 0 Å². The zero-order valence-corrected chi connectivity index (χ0v) is 26.4. The van der Waals surface area contributed by atoms with Gasteiger partial charge >= 0.3 is 6.09 Å². The van der Waals surface area contributed by atoms with Gasteiger partial charge in [-0.2, -0.15) is 0 Å². The monoisotopic (exact) mass is 611 g/mol. The van der Waals surface area contributed by atoms with Gasteiger partial charge in [0, 0.05) is 49.0 Å². The molecule has 2 amide bonds. The van der Waals surface area contributed by atoms with Crippen LogP contribution in [0, 0.1) is 0 Å². The van der Waals surface area contributed by atoms with Gasteiger partial charge in [-0.3, -0.25) is 4.79 Å². The summed E-state index contributed by atoms with van der Waals surface area (Å²) in [6.07, 6.45) is 12.8. The van der Waals surface area contributed by atoms with E-state index >= 15 is 0 Å². The minimum Gasteiger partial charge on any atom is -0.410 e. The van der Waals surface area contributed by atoms with Gasteiger partial charge in [-0.15, -0.1) is 0 Å². The second-order valence-corrected chi connectivity index (χ2v) is 11.7. The van der Waals surface area contributed by atoms with Crippen LogP contribution in [0.15, 0.2) is 79.4 Å². The molecule has 0 saturated heterocycles. The van der Waals surface area contributed by atoms with Crippen molar-refractivity contribution in [3.63, 3.8) is 0 Å². The second kappa shape index (κ2) is 16.0. The average Bonchev–Trinajstić information content (AvgIpc) is 3.79. The summed E-state index contributed by atoms with van der Waals surface area (Å²) >= 11 is 0. The molecule has 0 spiro atoms. The van der Waals surface area contributed by atoms with Crippen LogP contribution in [0.2, 0.25) is 0 Å². The van der Waals surface area contributed by atoms with E-state index in [2.05, 4.69) is 38.7 Å². The van der Waals surface area contributed by atoms with Crippen LogP contribution in [-0.2, 0) is 19.6 Å². The van der Waals surface area contributed by atoms with E-state index in [0.29, 0.717) is 48.6 Å². The van der Waals surface area contributed by atoms with Crippen molar-refractivity contribution in [3.8, 4) is 5.75 Å². The lowest BCUT2D eigenvalue weighted by Gasteiger charge is -2.40. The minimum atomic E-state index is -0.341. The lowest BCUT2D eigenvalue weighted by atomic mass is 9.88. The second-order valence-electron chi connectivity index (χ2n) is 11.7. The number of aromatic amines is 2. The number of hydrogen-bond acceptors (Lipinski definition) is 6. The van der Waals surface area contributed by atoms with Crippen molar-refractivity contribution in [2.24, 2.45) is 0 Å². The summed E-state index contributed by atoms with van der Waals surface area (Å²) in [4.78, 5) is 48.2. The number of aromatic nitrogens is 4. The Morgan fingerprint density at radius 3 is 1.89 bits per heavy atom. The maximum Gasteiger partial charge on any atom is 0.415 e. The molecule has 0 radical (unpaired) electrons. The summed E-state index contributed by atoms with van der Waals surface area (Å²) in [5.41, 5.74) is 1.50. The first-order valence-corrected chi connectivity index (χ1v) is 16.2. The Balaban J connectivity index is 1.29. The van der Waals surface area contributed by atoms with Gasteiger partial charge in [0.2, 0.25) is 0 Å². The number of nitrogens with one attached hydrogen (secondary N) is 2. The molecule has 0 bridgehead atoms. The minimum absolute atomic E-state index is 0.0842. The Morgan fingerprint density at radius 1 is 0.778 bits per heavy atom. The topological polar surface area (TPSA) is 110 Å². The van der Waals surface area contributed by atoms with E-state index in [1.165, 1.54) is 0 Å². The summed E-state index contributed by atoms with van der Waals surface area (Å²) in [6.45, 7) is 7.77. The third-order valence-electron chi connectivity index (χ3n) is 8.46. The van der Waals surface area contributed by atoms with E-state index in [1.807, 2.05) is 47.4 Å². The zero-order chi connectivity index (χ0) is 31.4. The van der Waals surface area contributed by atoms with E-state index in [0.717, 1.165) is 57.2 Å². The Bertz CT molecular complexity index is 1390. The van der Waals surface area contributed by atoms with Crippen molar-refractivity contribution < 1.29 is 14.3 Å². The smallest absolute Gasteiger partial charge is 0.410 e. The molecule has 2 N–H and O–H groups in total. The number of amides is 2. The lowest BCUT2D eigenvalue weighted by molar-refractivity contribution is 0.0721.